The lowest BCUT2D eigenvalue weighted by Crippen LogP contribution is -2.44. The van der Waals surface area contributed by atoms with Gasteiger partial charge in [-0.1, -0.05) is 110 Å². The second kappa shape index (κ2) is 9.14. The third-order valence-corrected chi connectivity index (χ3v) is 9.65. The smallest absolute Gasteiger partial charge is 0.229 e. The van der Waals surface area contributed by atoms with E-state index in [1.54, 1.807) is 0 Å². The lowest BCUT2D eigenvalue weighted by atomic mass is 9.89. The molecule has 1 atom stereocenters. The van der Waals surface area contributed by atoms with Gasteiger partial charge in [-0.15, -0.1) is 0 Å². The molecule has 0 bridgehead atoms. The summed E-state index contributed by atoms with van der Waals surface area (Å²) in [7, 11) is 0. The van der Waals surface area contributed by atoms with Crippen LogP contribution in [0.15, 0.2) is 102 Å². The second-order valence-corrected chi connectivity index (χ2v) is 11.8. The van der Waals surface area contributed by atoms with Gasteiger partial charge in [0.1, 0.15) is 0 Å². The van der Waals surface area contributed by atoms with Crippen molar-refractivity contribution < 1.29 is 4.74 Å². The molecule has 1 aromatic heterocycles. The van der Waals surface area contributed by atoms with Crippen LogP contribution in [0.1, 0.15) is 60.4 Å². The van der Waals surface area contributed by atoms with E-state index in [2.05, 4.69) is 109 Å². The number of ether oxygens (including phenoxy) is 1. The first-order valence-electron chi connectivity index (χ1n) is 13.4. The second-order valence-electron chi connectivity index (χ2n) is 10.3. The van der Waals surface area contributed by atoms with Crippen molar-refractivity contribution in [3.63, 3.8) is 0 Å². The molecule has 1 aliphatic carbocycles. The van der Waals surface area contributed by atoms with Gasteiger partial charge in [-0.2, -0.15) is 5.10 Å². The Hall–Kier alpha value is -3.44. The highest BCUT2D eigenvalue weighted by Crippen LogP contribution is 2.62. The van der Waals surface area contributed by atoms with Crippen molar-refractivity contribution in [1.29, 1.82) is 0 Å². The number of aromatic nitrogens is 2. The molecule has 1 spiro atoms. The maximum absolute atomic E-state index is 7.01. The molecule has 7 rings (SSSR count). The number of para-hydroxylation sites is 1. The minimum absolute atomic E-state index is 0.0359. The number of nitrogens with zero attached hydrogens (tertiary/aromatic N) is 3. The molecule has 37 heavy (non-hydrogen) atoms. The first-order chi connectivity index (χ1) is 18.2. The van der Waals surface area contributed by atoms with Crippen LogP contribution in [0.4, 0.5) is 0 Å². The summed E-state index contributed by atoms with van der Waals surface area (Å²) in [5.74, 6) is 1.99. The van der Waals surface area contributed by atoms with E-state index in [1.807, 2.05) is 10.7 Å². The Morgan fingerprint density at radius 2 is 1.51 bits per heavy atom. The third-order valence-electron chi connectivity index (χ3n) is 8.01. The first kappa shape index (κ1) is 22.7. The summed E-state index contributed by atoms with van der Waals surface area (Å²) in [6.45, 7) is 2.98. The summed E-state index contributed by atoms with van der Waals surface area (Å²) in [5.41, 5.74) is 5.86. The standard InChI is InChI=1S/C32H31N3OS/c1-23-27-28(25-16-8-3-9-17-25)29-31(36-30(27)35(33-23)26-18-10-4-11-19-26)34(22-24-14-6-2-7-15-24)32(37-29)20-12-5-13-21-32/h2-4,6-11,14-19,28H,5,12-13,20-22H2,1H3. The third kappa shape index (κ3) is 3.79. The zero-order valence-electron chi connectivity index (χ0n) is 21.1. The van der Waals surface area contributed by atoms with E-state index in [9.17, 15) is 0 Å². The Kier molecular flexibility index (Phi) is 5.62. The maximum atomic E-state index is 7.01. The minimum atomic E-state index is 0.0359. The molecule has 0 radical (unpaired) electrons. The molecule has 3 aromatic carbocycles. The van der Waals surface area contributed by atoms with Crippen molar-refractivity contribution in [2.75, 3.05) is 0 Å². The largest absolute Gasteiger partial charge is 0.421 e. The van der Waals surface area contributed by atoms with Gasteiger partial charge in [0.05, 0.1) is 32.6 Å². The van der Waals surface area contributed by atoms with E-state index in [0.717, 1.165) is 29.7 Å². The lowest BCUT2D eigenvalue weighted by molar-refractivity contribution is 0.105. The number of rotatable bonds is 4. The molecule has 3 heterocycles. The van der Waals surface area contributed by atoms with Crippen LogP contribution in [0.25, 0.3) is 5.69 Å². The van der Waals surface area contributed by atoms with E-state index in [1.165, 1.54) is 53.7 Å². The Morgan fingerprint density at radius 3 is 2.22 bits per heavy atom. The van der Waals surface area contributed by atoms with Crippen LogP contribution in [0.2, 0.25) is 0 Å². The Bertz CT molecular complexity index is 1440. The summed E-state index contributed by atoms with van der Waals surface area (Å²) in [6, 6.07) is 32.2. The van der Waals surface area contributed by atoms with Gasteiger partial charge in [-0.3, -0.25) is 0 Å². The molecule has 186 valence electrons. The molecule has 0 amide bonds. The highest BCUT2D eigenvalue weighted by Gasteiger charge is 2.52. The average Bonchev–Trinajstić information content (AvgIpc) is 3.43. The van der Waals surface area contributed by atoms with E-state index in [0.29, 0.717) is 0 Å². The van der Waals surface area contributed by atoms with Gasteiger partial charge in [-0.05, 0) is 43.0 Å². The molecule has 3 aliphatic rings. The maximum Gasteiger partial charge on any atom is 0.229 e. The number of aryl methyl sites for hydroxylation is 1. The number of allylic oxidation sites excluding steroid dienone is 1. The fourth-order valence-corrected chi connectivity index (χ4v) is 8.02. The van der Waals surface area contributed by atoms with Crippen molar-refractivity contribution in [2.45, 2.75) is 56.4 Å². The SMILES string of the molecule is Cc1nn(-c2ccccc2)c2c1C(c1ccccc1)C1=C(O2)N(Cc2ccccc2)C2(CCCCC2)S1. The van der Waals surface area contributed by atoms with Crippen molar-refractivity contribution in [3.8, 4) is 11.6 Å². The van der Waals surface area contributed by atoms with E-state index >= 15 is 0 Å². The normalized spacial score (nSPS) is 20.0. The van der Waals surface area contributed by atoms with Gasteiger partial charge in [0.15, 0.2) is 0 Å². The topological polar surface area (TPSA) is 30.3 Å². The van der Waals surface area contributed by atoms with Crippen molar-refractivity contribution in [2.24, 2.45) is 0 Å². The number of benzene rings is 3. The van der Waals surface area contributed by atoms with Crippen LogP contribution < -0.4 is 4.74 Å². The van der Waals surface area contributed by atoms with Gasteiger partial charge in [0.2, 0.25) is 11.8 Å². The number of hydrogen-bond acceptors (Lipinski definition) is 4. The van der Waals surface area contributed by atoms with Gasteiger partial charge >= 0.3 is 0 Å². The van der Waals surface area contributed by atoms with Crippen molar-refractivity contribution in [1.82, 2.24) is 14.7 Å². The molecular formula is C32H31N3OS. The highest BCUT2D eigenvalue weighted by molar-refractivity contribution is 8.04. The van der Waals surface area contributed by atoms with Crippen molar-refractivity contribution >= 4 is 11.8 Å². The fourth-order valence-electron chi connectivity index (χ4n) is 6.25. The van der Waals surface area contributed by atoms with E-state index < -0.39 is 0 Å². The van der Waals surface area contributed by atoms with E-state index in [4.69, 9.17) is 9.84 Å². The first-order valence-corrected chi connectivity index (χ1v) is 14.2. The molecule has 4 nitrogen and oxygen atoms in total. The molecule has 2 aliphatic heterocycles. The molecule has 0 N–H and O–H groups in total. The van der Waals surface area contributed by atoms with Gasteiger partial charge in [0.25, 0.3) is 0 Å². The van der Waals surface area contributed by atoms with Crippen LogP contribution in [-0.4, -0.2) is 19.6 Å². The molecule has 0 saturated heterocycles. The summed E-state index contributed by atoms with van der Waals surface area (Å²) < 4.78 is 9.01. The summed E-state index contributed by atoms with van der Waals surface area (Å²) in [6.07, 6.45) is 6.21. The Balaban J connectivity index is 1.42. The molecule has 5 heteroatoms. The summed E-state index contributed by atoms with van der Waals surface area (Å²) in [5, 5.41) is 5.02. The number of fused-ring (bicyclic) bond motifs is 1. The molecule has 1 saturated carbocycles. The fraction of sp³-hybridized carbons (Fsp3) is 0.281. The summed E-state index contributed by atoms with van der Waals surface area (Å²) >= 11 is 2.07. The van der Waals surface area contributed by atoms with Crippen LogP contribution >= 0.6 is 11.8 Å². The van der Waals surface area contributed by atoms with Crippen molar-refractivity contribution in [3.05, 3.63) is 124 Å². The zero-order chi connectivity index (χ0) is 24.8. The number of thioether (sulfide) groups is 1. The summed E-state index contributed by atoms with van der Waals surface area (Å²) in [4.78, 5) is 3.97. The number of hydrogen-bond donors (Lipinski definition) is 0. The lowest BCUT2D eigenvalue weighted by Gasteiger charge is -2.42. The van der Waals surface area contributed by atoms with Crippen LogP contribution in [-0.2, 0) is 6.54 Å². The molecule has 1 fully saturated rings. The molecule has 4 aromatic rings. The quantitative estimate of drug-likeness (QED) is 0.283. The average molecular weight is 506 g/mol. The minimum Gasteiger partial charge on any atom is -0.421 e. The monoisotopic (exact) mass is 505 g/mol. The molecular weight excluding hydrogens is 474 g/mol. The Morgan fingerprint density at radius 1 is 0.865 bits per heavy atom. The predicted molar refractivity (Wildman–Crippen MR) is 150 cm³/mol. The molecule has 1 unspecified atom stereocenters. The van der Waals surface area contributed by atoms with Crippen LogP contribution in [0.5, 0.6) is 5.88 Å². The van der Waals surface area contributed by atoms with Gasteiger partial charge in [0, 0.05) is 6.54 Å². The van der Waals surface area contributed by atoms with Gasteiger partial charge in [-0.25, -0.2) is 4.68 Å². The van der Waals surface area contributed by atoms with Crippen LogP contribution in [0, 0.1) is 6.92 Å². The zero-order valence-corrected chi connectivity index (χ0v) is 22.0. The van der Waals surface area contributed by atoms with Gasteiger partial charge < -0.3 is 9.64 Å². The predicted octanol–water partition coefficient (Wildman–Crippen LogP) is 7.78. The highest BCUT2D eigenvalue weighted by atomic mass is 32.2. The van der Waals surface area contributed by atoms with E-state index in [-0.39, 0.29) is 10.8 Å². The Labute approximate surface area is 223 Å². The van der Waals surface area contributed by atoms with Crippen LogP contribution in [0.3, 0.4) is 0 Å².